The minimum absolute atomic E-state index is 0.0250. The van der Waals surface area contributed by atoms with Crippen LogP contribution >= 0.6 is 11.6 Å². The molecule has 0 N–H and O–H groups in total. The van der Waals surface area contributed by atoms with Crippen molar-refractivity contribution in [2.45, 2.75) is 32.7 Å². The molecule has 3 nitrogen and oxygen atoms in total. The number of hydrogen-bond acceptors (Lipinski definition) is 2. The van der Waals surface area contributed by atoms with Gasteiger partial charge in [-0.3, -0.25) is 0 Å². The van der Waals surface area contributed by atoms with Crippen LogP contribution in [0.3, 0.4) is 0 Å². The van der Waals surface area contributed by atoms with Gasteiger partial charge in [0.05, 0.1) is 23.0 Å². The number of rotatable bonds is 3. The van der Waals surface area contributed by atoms with Crippen molar-refractivity contribution in [1.82, 2.24) is 9.55 Å². The highest BCUT2D eigenvalue weighted by Crippen LogP contribution is 2.30. The molecule has 2 heterocycles. The van der Waals surface area contributed by atoms with E-state index >= 15 is 0 Å². The Balaban J connectivity index is 2.22. The van der Waals surface area contributed by atoms with E-state index in [9.17, 15) is 4.39 Å². The SMILES string of the molecule is Cc1cc(C(C)n2c(CCl)nc3ccc(F)cc32)c(C)o1. The summed E-state index contributed by atoms with van der Waals surface area (Å²) in [5.41, 5.74) is 2.55. The Morgan fingerprint density at radius 2 is 2.10 bits per heavy atom. The standard InChI is InChI=1S/C16H16ClFN2O/c1-9-6-13(11(3)21-9)10(2)20-15-7-12(18)4-5-14(15)19-16(20)8-17/h4-7,10H,8H2,1-3H3. The maximum Gasteiger partial charge on any atom is 0.125 e. The van der Waals surface area contributed by atoms with Gasteiger partial charge in [0, 0.05) is 5.56 Å². The maximum absolute atomic E-state index is 13.6. The number of benzene rings is 1. The molecule has 3 aromatic rings. The van der Waals surface area contributed by atoms with Crippen molar-refractivity contribution in [2.75, 3.05) is 0 Å². The van der Waals surface area contributed by atoms with Gasteiger partial charge < -0.3 is 8.98 Å². The number of aryl methyl sites for hydroxylation is 2. The molecule has 0 radical (unpaired) electrons. The molecule has 1 aromatic carbocycles. The predicted octanol–water partition coefficient (Wildman–Crippen LogP) is 4.73. The van der Waals surface area contributed by atoms with Crippen LogP contribution in [0.4, 0.5) is 4.39 Å². The molecule has 0 saturated carbocycles. The molecule has 5 heteroatoms. The molecule has 0 spiro atoms. The van der Waals surface area contributed by atoms with Crippen molar-refractivity contribution in [3.63, 3.8) is 0 Å². The molecule has 0 fully saturated rings. The lowest BCUT2D eigenvalue weighted by Gasteiger charge is -2.16. The number of halogens is 2. The summed E-state index contributed by atoms with van der Waals surface area (Å²) >= 11 is 6.02. The van der Waals surface area contributed by atoms with Crippen molar-refractivity contribution >= 4 is 22.6 Å². The molecule has 0 bridgehead atoms. The normalized spacial score (nSPS) is 13.0. The third-order valence-corrected chi connectivity index (χ3v) is 4.00. The van der Waals surface area contributed by atoms with Crippen molar-refractivity contribution < 1.29 is 8.81 Å². The van der Waals surface area contributed by atoms with E-state index in [0.29, 0.717) is 0 Å². The van der Waals surface area contributed by atoms with Crippen molar-refractivity contribution in [2.24, 2.45) is 0 Å². The third-order valence-electron chi connectivity index (χ3n) is 3.76. The fraction of sp³-hybridized carbons (Fsp3) is 0.312. The van der Waals surface area contributed by atoms with Crippen LogP contribution in [0.2, 0.25) is 0 Å². The number of hydrogen-bond donors (Lipinski definition) is 0. The largest absolute Gasteiger partial charge is 0.466 e. The van der Waals surface area contributed by atoms with E-state index in [-0.39, 0.29) is 17.7 Å². The molecule has 2 aromatic heterocycles. The van der Waals surface area contributed by atoms with E-state index in [4.69, 9.17) is 16.0 Å². The summed E-state index contributed by atoms with van der Waals surface area (Å²) in [6, 6.07) is 6.57. The van der Waals surface area contributed by atoms with Gasteiger partial charge in [-0.2, -0.15) is 0 Å². The summed E-state index contributed by atoms with van der Waals surface area (Å²) in [6.45, 7) is 5.88. The summed E-state index contributed by atoms with van der Waals surface area (Å²) in [5, 5.41) is 0. The monoisotopic (exact) mass is 306 g/mol. The van der Waals surface area contributed by atoms with Gasteiger partial charge in [0.15, 0.2) is 0 Å². The second kappa shape index (κ2) is 5.19. The highest BCUT2D eigenvalue weighted by Gasteiger charge is 2.20. The van der Waals surface area contributed by atoms with E-state index in [1.807, 2.05) is 31.4 Å². The Labute approximate surface area is 127 Å². The van der Waals surface area contributed by atoms with Gasteiger partial charge in [-0.05, 0) is 45.0 Å². The predicted molar refractivity (Wildman–Crippen MR) is 81.2 cm³/mol. The third kappa shape index (κ3) is 2.33. The molecular formula is C16H16ClFN2O. The van der Waals surface area contributed by atoms with Crippen molar-refractivity contribution in [3.8, 4) is 0 Å². The summed E-state index contributed by atoms with van der Waals surface area (Å²) in [7, 11) is 0. The van der Waals surface area contributed by atoms with Crippen LogP contribution in [0, 0.1) is 19.7 Å². The highest BCUT2D eigenvalue weighted by atomic mass is 35.5. The van der Waals surface area contributed by atoms with Crippen LogP contribution in [0.1, 0.15) is 35.9 Å². The summed E-state index contributed by atoms with van der Waals surface area (Å²) < 4.78 is 21.2. The van der Waals surface area contributed by atoms with Gasteiger partial charge in [0.1, 0.15) is 23.2 Å². The van der Waals surface area contributed by atoms with Crippen LogP contribution in [0.25, 0.3) is 11.0 Å². The molecular weight excluding hydrogens is 291 g/mol. The molecule has 110 valence electrons. The van der Waals surface area contributed by atoms with Crippen LogP contribution in [0.15, 0.2) is 28.7 Å². The number of nitrogens with zero attached hydrogens (tertiary/aromatic N) is 2. The number of imidazole rings is 1. The van der Waals surface area contributed by atoms with E-state index in [2.05, 4.69) is 4.98 Å². The first kappa shape index (κ1) is 14.1. The number of aromatic nitrogens is 2. The molecule has 1 unspecified atom stereocenters. The lowest BCUT2D eigenvalue weighted by atomic mass is 10.1. The molecule has 3 rings (SSSR count). The number of alkyl halides is 1. The first-order valence-electron chi connectivity index (χ1n) is 6.80. The molecule has 1 atom stereocenters. The van der Waals surface area contributed by atoms with Gasteiger partial charge in [-0.15, -0.1) is 11.6 Å². The van der Waals surface area contributed by atoms with Crippen LogP contribution < -0.4 is 0 Å². The van der Waals surface area contributed by atoms with Gasteiger partial charge in [0.25, 0.3) is 0 Å². The van der Waals surface area contributed by atoms with E-state index < -0.39 is 0 Å². The van der Waals surface area contributed by atoms with Gasteiger partial charge in [0.2, 0.25) is 0 Å². The fourth-order valence-corrected chi connectivity index (χ4v) is 3.04. The summed E-state index contributed by atoms with van der Waals surface area (Å²) in [4.78, 5) is 4.49. The summed E-state index contributed by atoms with van der Waals surface area (Å²) in [6.07, 6.45) is 0. The molecule has 21 heavy (non-hydrogen) atoms. The average molecular weight is 307 g/mol. The molecule has 0 saturated heterocycles. The molecule has 0 aliphatic rings. The second-order valence-electron chi connectivity index (χ2n) is 5.21. The van der Waals surface area contributed by atoms with Crippen LogP contribution in [-0.2, 0) is 5.88 Å². The van der Waals surface area contributed by atoms with Crippen molar-refractivity contribution in [1.29, 1.82) is 0 Å². The van der Waals surface area contributed by atoms with Crippen LogP contribution in [-0.4, -0.2) is 9.55 Å². The van der Waals surface area contributed by atoms with Gasteiger partial charge >= 0.3 is 0 Å². The lowest BCUT2D eigenvalue weighted by molar-refractivity contribution is 0.494. The zero-order chi connectivity index (χ0) is 15.1. The smallest absolute Gasteiger partial charge is 0.125 e. The van der Waals surface area contributed by atoms with E-state index in [0.717, 1.165) is 33.9 Å². The Kier molecular flexibility index (Phi) is 3.49. The number of fused-ring (bicyclic) bond motifs is 1. The highest BCUT2D eigenvalue weighted by molar-refractivity contribution is 6.16. The minimum atomic E-state index is -0.280. The minimum Gasteiger partial charge on any atom is -0.466 e. The molecule has 0 amide bonds. The Morgan fingerprint density at radius 3 is 2.71 bits per heavy atom. The quantitative estimate of drug-likeness (QED) is 0.655. The Hall–Kier alpha value is -1.81. The van der Waals surface area contributed by atoms with Crippen LogP contribution in [0.5, 0.6) is 0 Å². The summed E-state index contributed by atoms with van der Waals surface area (Å²) in [5.74, 6) is 2.44. The van der Waals surface area contributed by atoms with Gasteiger partial charge in [-0.25, -0.2) is 9.37 Å². The van der Waals surface area contributed by atoms with E-state index in [1.165, 1.54) is 12.1 Å². The van der Waals surface area contributed by atoms with Gasteiger partial charge in [-0.1, -0.05) is 0 Å². The fourth-order valence-electron chi connectivity index (χ4n) is 2.85. The lowest BCUT2D eigenvalue weighted by Crippen LogP contribution is -2.10. The first-order valence-corrected chi connectivity index (χ1v) is 7.34. The topological polar surface area (TPSA) is 31.0 Å². The average Bonchev–Trinajstić information content (AvgIpc) is 2.97. The molecule has 0 aliphatic heterocycles. The zero-order valence-electron chi connectivity index (χ0n) is 12.2. The second-order valence-corrected chi connectivity index (χ2v) is 5.48. The molecule has 0 aliphatic carbocycles. The van der Waals surface area contributed by atoms with E-state index in [1.54, 1.807) is 6.07 Å². The maximum atomic E-state index is 13.6. The van der Waals surface area contributed by atoms with Crippen molar-refractivity contribution in [3.05, 3.63) is 53.0 Å². The zero-order valence-corrected chi connectivity index (χ0v) is 12.9. The number of furan rings is 1. The first-order chi connectivity index (χ1) is 10.0. The Morgan fingerprint density at radius 1 is 1.33 bits per heavy atom. The Bertz CT molecular complexity index is 806.